The first-order valence-electron chi connectivity index (χ1n) is 18.7. The first-order chi connectivity index (χ1) is 26.8. The van der Waals surface area contributed by atoms with Crippen molar-refractivity contribution in [3.63, 3.8) is 0 Å². The van der Waals surface area contributed by atoms with Gasteiger partial charge in [0.25, 0.3) is 13.4 Å². The van der Waals surface area contributed by atoms with Gasteiger partial charge in [0.1, 0.15) is 11.5 Å². The van der Waals surface area contributed by atoms with Gasteiger partial charge < -0.3 is 19.4 Å². The molecule has 0 aromatic heterocycles. The molecule has 4 aliphatic heterocycles. The summed E-state index contributed by atoms with van der Waals surface area (Å²) in [7, 11) is 0. The second kappa shape index (κ2) is 11.3. The lowest BCUT2D eigenvalue weighted by atomic mass is 9.29. The number of nitrogens with zero attached hydrogens (tertiary/aromatic N) is 3. The van der Waals surface area contributed by atoms with E-state index in [-0.39, 0.29) is 13.4 Å². The molecular formula is C48H31B2N3O. The molecule has 12 rings (SSSR count). The average Bonchev–Trinajstić information content (AvgIpc) is 3.24. The maximum Gasteiger partial charge on any atom is 0.256 e. The molecule has 0 saturated heterocycles. The SMILES string of the molecule is c1ccc(N(c2ccccc2)c2ccc3c(c2)Oc2cc4c5c6c2B3c2ccccc2N6c2ccccc2B5c2ccccc2N4c2ccccc2)cc1. The van der Waals surface area contributed by atoms with E-state index in [1.54, 1.807) is 0 Å². The van der Waals surface area contributed by atoms with Crippen LogP contribution in [0.5, 0.6) is 11.5 Å². The van der Waals surface area contributed by atoms with E-state index in [0.717, 1.165) is 39.9 Å². The molecule has 54 heavy (non-hydrogen) atoms. The molecule has 0 bridgehead atoms. The van der Waals surface area contributed by atoms with Crippen LogP contribution in [-0.4, -0.2) is 13.4 Å². The lowest BCUT2D eigenvalue weighted by Crippen LogP contribution is -2.67. The molecule has 0 aliphatic carbocycles. The van der Waals surface area contributed by atoms with Gasteiger partial charge in [0.2, 0.25) is 0 Å². The molecule has 4 aliphatic rings. The van der Waals surface area contributed by atoms with Gasteiger partial charge in [-0.15, -0.1) is 0 Å². The quantitative estimate of drug-likeness (QED) is 0.174. The van der Waals surface area contributed by atoms with Crippen LogP contribution < -0.4 is 52.2 Å². The van der Waals surface area contributed by atoms with Crippen LogP contribution in [0.15, 0.2) is 188 Å². The highest BCUT2D eigenvalue weighted by Crippen LogP contribution is 2.48. The standard InChI is InChI=1S/C48H31B2N3O/c1-4-16-32(17-5-1)51(33-18-6-2-7-19-33)35-28-29-39-44(30-35)54-45-31-43-46-48-47(45)50(39)38-24-12-15-27-42(38)53(48)41-26-14-11-23-37(41)49(46)36-22-10-13-25-40(36)52(43)34-20-8-3-9-21-34/h1-31H. The average molecular weight is 687 g/mol. The Hall–Kier alpha value is -6.91. The topological polar surface area (TPSA) is 19.0 Å². The molecular weight excluding hydrogens is 656 g/mol. The van der Waals surface area contributed by atoms with Crippen molar-refractivity contribution in [3.8, 4) is 11.5 Å². The highest BCUT2D eigenvalue weighted by Gasteiger charge is 2.50. The Morgan fingerprint density at radius 1 is 0.370 bits per heavy atom. The summed E-state index contributed by atoms with van der Waals surface area (Å²) in [5, 5.41) is 0. The van der Waals surface area contributed by atoms with Crippen LogP contribution >= 0.6 is 0 Å². The zero-order valence-electron chi connectivity index (χ0n) is 29.3. The normalized spacial score (nSPS) is 13.6. The van der Waals surface area contributed by atoms with Crippen molar-refractivity contribution in [2.45, 2.75) is 0 Å². The van der Waals surface area contributed by atoms with E-state index in [4.69, 9.17) is 4.74 Å². The Labute approximate surface area is 315 Å². The third-order valence-corrected chi connectivity index (χ3v) is 11.7. The fourth-order valence-electron chi connectivity index (χ4n) is 9.56. The van der Waals surface area contributed by atoms with Gasteiger partial charge in [-0.3, -0.25) is 0 Å². The molecule has 6 heteroatoms. The van der Waals surface area contributed by atoms with Crippen LogP contribution in [0.1, 0.15) is 0 Å². The number of fused-ring (bicyclic) bond motifs is 10. The molecule has 0 spiro atoms. The lowest BCUT2D eigenvalue weighted by molar-refractivity contribution is 0.488. The van der Waals surface area contributed by atoms with E-state index in [9.17, 15) is 0 Å². The molecule has 250 valence electrons. The van der Waals surface area contributed by atoms with Crippen LogP contribution in [0.25, 0.3) is 0 Å². The number of hydrogen-bond acceptors (Lipinski definition) is 4. The van der Waals surface area contributed by atoms with Crippen LogP contribution in [-0.2, 0) is 0 Å². The van der Waals surface area contributed by atoms with Crippen molar-refractivity contribution >= 4 is 97.4 Å². The number of hydrogen-bond donors (Lipinski definition) is 0. The molecule has 0 radical (unpaired) electrons. The molecule has 0 saturated carbocycles. The first-order valence-corrected chi connectivity index (χ1v) is 18.7. The molecule has 0 amide bonds. The van der Waals surface area contributed by atoms with E-state index in [2.05, 4.69) is 203 Å². The third kappa shape index (κ3) is 4.05. The van der Waals surface area contributed by atoms with Crippen molar-refractivity contribution in [1.82, 2.24) is 0 Å². The Morgan fingerprint density at radius 3 is 1.46 bits per heavy atom. The highest BCUT2D eigenvalue weighted by molar-refractivity contribution is 7.04. The summed E-state index contributed by atoms with van der Waals surface area (Å²) >= 11 is 0. The third-order valence-electron chi connectivity index (χ3n) is 11.7. The molecule has 8 aromatic rings. The number of ether oxygens (including phenoxy) is 1. The minimum Gasteiger partial charge on any atom is -0.458 e. The van der Waals surface area contributed by atoms with Crippen LogP contribution in [0.4, 0.5) is 51.2 Å². The summed E-state index contributed by atoms with van der Waals surface area (Å²) < 4.78 is 7.26. The first kappa shape index (κ1) is 29.6. The minimum absolute atomic E-state index is 0.000656. The molecule has 0 unspecified atom stereocenters. The second-order valence-corrected chi connectivity index (χ2v) is 14.4. The van der Waals surface area contributed by atoms with Crippen molar-refractivity contribution in [1.29, 1.82) is 0 Å². The molecule has 4 heterocycles. The lowest BCUT2D eigenvalue weighted by Gasteiger charge is -2.49. The Balaban J connectivity index is 1.14. The largest absolute Gasteiger partial charge is 0.458 e. The van der Waals surface area contributed by atoms with E-state index < -0.39 is 0 Å². The highest BCUT2D eigenvalue weighted by atomic mass is 16.5. The van der Waals surface area contributed by atoms with Crippen molar-refractivity contribution in [2.24, 2.45) is 0 Å². The number of rotatable bonds is 4. The van der Waals surface area contributed by atoms with Crippen LogP contribution in [0, 0.1) is 0 Å². The van der Waals surface area contributed by atoms with Gasteiger partial charge in [-0.1, -0.05) is 115 Å². The summed E-state index contributed by atoms with van der Waals surface area (Å²) in [5.74, 6) is 1.79. The van der Waals surface area contributed by atoms with Gasteiger partial charge >= 0.3 is 0 Å². The summed E-state index contributed by atoms with van der Waals surface area (Å²) in [4.78, 5) is 7.28. The maximum absolute atomic E-state index is 7.26. The van der Waals surface area contributed by atoms with Gasteiger partial charge in [-0.2, -0.15) is 0 Å². The van der Waals surface area contributed by atoms with Crippen molar-refractivity contribution in [3.05, 3.63) is 188 Å². The molecule has 0 fully saturated rings. The van der Waals surface area contributed by atoms with Gasteiger partial charge in [0.15, 0.2) is 0 Å². The van der Waals surface area contributed by atoms with Crippen LogP contribution in [0.2, 0.25) is 0 Å². The molecule has 8 aromatic carbocycles. The smallest absolute Gasteiger partial charge is 0.256 e. The van der Waals surface area contributed by atoms with E-state index in [0.29, 0.717) is 0 Å². The van der Waals surface area contributed by atoms with Gasteiger partial charge in [-0.25, -0.2) is 0 Å². The van der Waals surface area contributed by atoms with Crippen LogP contribution in [0.3, 0.4) is 0 Å². The molecule has 0 N–H and O–H groups in total. The number of benzene rings is 8. The predicted molar refractivity (Wildman–Crippen MR) is 226 cm³/mol. The Bertz CT molecular complexity index is 2740. The zero-order valence-corrected chi connectivity index (χ0v) is 29.3. The summed E-state index contributed by atoms with van der Waals surface area (Å²) in [6, 6.07) is 68.0. The summed E-state index contributed by atoms with van der Waals surface area (Å²) in [5.41, 5.74) is 18.1. The molecule has 4 nitrogen and oxygen atoms in total. The fourth-order valence-corrected chi connectivity index (χ4v) is 9.56. The maximum atomic E-state index is 7.26. The van der Waals surface area contributed by atoms with Crippen molar-refractivity contribution < 1.29 is 4.74 Å². The minimum atomic E-state index is 0.000656. The number of para-hydroxylation sites is 6. The van der Waals surface area contributed by atoms with Crippen molar-refractivity contribution in [2.75, 3.05) is 14.7 Å². The number of anilines is 9. The van der Waals surface area contributed by atoms with E-state index in [1.165, 1.54) is 55.5 Å². The summed E-state index contributed by atoms with van der Waals surface area (Å²) in [6.45, 7) is 0.0737. The van der Waals surface area contributed by atoms with E-state index in [1.807, 2.05) is 0 Å². The fraction of sp³-hybridized carbons (Fsp3) is 0. The Morgan fingerprint density at radius 2 is 0.870 bits per heavy atom. The zero-order chi connectivity index (χ0) is 35.3. The van der Waals surface area contributed by atoms with E-state index >= 15 is 0 Å². The van der Waals surface area contributed by atoms with Gasteiger partial charge in [0, 0.05) is 63.3 Å². The van der Waals surface area contributed by atoms with Gasteiger partial charge in [-0.05, 0) is 93.4 Å². The monoisotopic (exact) mass is 687 g/mol. The molecule has 0 atom stereocenters. The predicted octanol–water partition coefficient (Wildman–Crippen LogP) is 8.17. The van der Waals surface area contributed by atoms with Gasteiger partial charge in [0.05, 0.1) is 0 Å². The Kier molecular flexibility index (Phi) is 6.20. The second-order valence-electron chi connectivity index (χ2n) is 14.4. The summed E-state index contributed by atoms with van der Waals surface area (Å²) in [6.07, 6.45) is 0.